The molecule has 138 valence electrons. The Balaban J connectivity index is 1.90. The van der Waals surface area contributed by atoms with Crippen molar-refractivity contribution in [2.45, 2.75) is 19.1 Å². The number of aryl methyl sites for hydroxylation is 2. The molecule has 0 saturated carbocycles. The van der Waals surface area contributed by atoms with Gasteiger partial charge in [0.1, 0.15) is 11.6 Å². The van der Waals surface area contributed by atoms with Crippen LogP contribution in [0.5, 0.6) is 5.75 Å². The van der Waals surface area contributed by atoms with Crippen LogP contribution < -0.4 is 10.1 Å². The number of para-hydroxylation sites is 1. The molecule has 3 aromatic rings. The van der Waals surface area contributed by atoms with Gasteiger partial charge < -0.3 is 10.1 Å². The van der Waals surface area contributed by atoms with Crippen molar-refractivity contribution in [2.24, 2.45) is 0 Å². The van der Waals surface area contributed by atoms with Gasteiger partial charge >= 0.3 is 0 Å². The summed E-state index contributed by atoms with van der Waals surface area (Å²) in [6.07, 6.45) is 0. The van der Waals surface area contributed by atoms with Gasteiger partial charge in [-0.25, -0.2) is 4.68 Å². The van der Waals surface area contributed by atoms with Gasteiger partial charge in [-0.3, -0.25) is 4.79 Å². The van der Waals surface area contributed by atoms with Gasteiger partial charge in [-0.05, 0) is 32.0 Å². The van der Waals surface area contributed by atoms with Gasteiger partial charge in [0.2, 0.25) is 5.91 Å². The molecule has 0 bridgehead atoms. The number of thioether (sulfide) groups is 1. The molecule has 0 radical (unpaired) electrons. The number of amides is 1. The molecule has 5 nitrogen and oxygen atoms in total. The van der Waals surface area contributed by atoms with Crippen molar-refractivity contribution in [2.75, 3.05) is 18.2 Å². The first kappa shape index (κ1) is 17.7. The summed E-state index contributed by atoms with van der Waals surface area (Å²) in [5, 5.41) is 7.78. The van der Waals surface area contributed by atoms with Crippen LogP contribution in [0.2, 0.25) is 0 Å². The highest BCUT2D eigenvalue weighted by atomic mass is 32.2. The third kappa shape index (κ3) is 3.21. The van der Waals surface area contributed by atoms with Crippen molar-refractivity contribution in [1.82, 2.24) is 9.78 Å². The lowest BCUT2D eigenvalue weighted by molar-refractivity contribution is -0.113. The number of aromatic nitrogens is 2. The number of rotatable bonds is 3. The van der Waals surface area contributed by atoms with E-state index in [4.69, 9.17) is 9.84 Å². The minimum Gasteiger partial charge on any atom is -0.496 e. The lowest BCUT2D eigenvalue weighted by Crippen LogP contribution is -2.15. The maximum Gasteiger partial charge on any atom is 0.235 e. The molecular formula is C21H21N3O2S. The minimum atomic E-state index is -0.0331. The fourth-order valence-corrected chi connectivity index (χ4v) is 4.60. The lowest BCUT2D eigenvalue weighted by atomic mass is 10.0. The van der Waals surface area contributed by atoms with Gasteiger partial charge in [-0.1, -0.05) is 35.9 Å². The molecule has 0 saturated heterocycles. The molecule has 1 aliphatic heterocycles. The van der Waals surface area contributed by atoms with Gasteiger partial charge in [0, 0.05) is 11.1 Å². The van der Waals surface area contributed by atoms with Crippen LogP contribution in [0.4, 0.5) is 5.82 Å². The van der Waals surface area contributed by atoms with Crippen molar-refractivity contribution in [3.8, 4) is 11.4 Å². The molecule has 0 spiro atoms. The summed E-state index contributed by atoms with van der Waals surface area (Å²) in [6.45, 7) is 4.04. The number of anilines is 1. The molecule has 1 atom stereocenters. The largest absolute Gasteiger partial charge is 0.496 e. The fraction of sp³-hybridized carbons (Fsp3) is 0.238. The van der Waals surface area contributed by atoms with Crippen LogP contribution in [0.1, 0.15) is 27.6 Å². The standard InChI is InChI=1S/C21H21N3O2S/c1-13-8-10-15(11-9-13)24-21-19(14(2)23-24)20(27-12-18(25)22-21)16-6-4-5-7-17(16)26-3/h4-11,20H,12H2,1-3H3,(H,22,25). The molecule has 2 aromatic carbocycles. The summed E-state index contributed by atoms with van der Waals surface area (Å²) in [7, 11) is 1.67. The Hall–Kier alpha value is -2.73. The molecule has 4 rings (SSSR count). The number of hydrogen-bond acceptors (Lipinski definition) is 4. The molecule has 27 heavy (non-hydrogen) atoms. The maximum atomic E-state index is 12.4. The Labute approximate surface area is 162 Å². The fourth-order valence-electron chi connectivity index (χ4n) is 3.39. The number of nitrogens with zero attached hydrogens (tertiary/aromatic N) is 2. The second kappa shape index (κ2) is 7.12. The third-order valence-corrected chi connectivity index (χ3v) is 5.96. The third-order valence-electron chi connectivity index (χ3n) is 4.71. The zero-order chi connectivity index (χ0) is 19.0. The molecule has 2 heterocycles. The van der Waals surface area contributed by atoms with Gasteiger partial charge in [0.25, 0.3) is 0 Å². The van der Waals surface area contributed by atoms with Gasteiger partial charge in [-0.15, -0.1) is 11.8 Å². The van der Waals surface area contributed by atoms with E-state index in [1.165, 1.54) is 5.56 Å². The average molecular weight is 379 g/mol. The predicted octanol–water partition coefficient (Wildman–Crippen LogP) is 4.27. The van der Waals surface area contributed by atoms with Crippen LogP contribution in [0.25, 0.3) is 5.69 Å². The first-order valence-electron chi connectivity index (χ1n) is 8.79. The average Bonchev–Trinajstić information content (AvgIpc) is 2.88. The Morgan fingerprint density at radius 1 is 1.15 bits per heavy atom. The minimum absolute atomic E-state index is 0.0214. The van der Waals surface area contributed by atoms with Crippen molar-refractivity contribution < 1.29 is 9.53 Å². The van der Waals surface area contributed by atoms with E-state index in [0.29, 0.717) is 5.75 Å². The molecule has 0 fully saturated rings. The number of nitrogens with one attached hydrogen (secondary N) is 1. The Bertz CT molecular complexity index is 995. The van der Waals surface area contributed by atoms with Crippen LogP contribution in [0, 0.1) is 13.8 Å². The van der Waals surface area contributed by atoms with Crippen molar-refractivity contribution >= 4 is 23.5 Å². The highest BCUT2D eigenvalue weighted by Crippen LogP contribution is 2.46. The van der Waals surface area contributed by atoms with Crippen molar-refractivity contribution in [3.05, 3.63) is 70.9 Å². The van der Waals surface area contributed by atoms with Crippen molar-refractivity contribution in [1.29, 1.82) is 0 Å². The van der Waals surface area contributed by atoms with Crippen LogP contribution in [-0.4, -0.2) is 28.6 Å². The van der Waals surface area contributed by atoms with Crippen LogP contribution >= 0.6 is 11.8 Å². The molecule has 6 heteroatoms. The maximum absolute atomic E-state index is 12.4. The Morgan fingerprint density at radius 2 is 1.89 bits per heavy atom. The van der Waals surface area contributed by atoms with Gasteiger partial charge in [0.15, 0.2) is 0 Å². The van der Waals surface area contributed by atoms with E-state index in [9.17, 15) is 4.79 Å². The lowest BCUT2D eigenvalue weighted by Gasteiger charge is -2.18. The molecule has 1 N–H and O–H groups in total. The summed E-state index contributed by atoms with van der Waals surface area (Å²) in [5.74, 6) is 1.91. The summed E-state index contributed by atoms with van der Waals surface area (Å²) in [6, 6.07) is 16.1. The van der Waals surface area contributed by atoms with Crippen LogP contribution in [-0.2, 0) is 4.79 Å². The Kier molecular flexibility index (Phi) is 4.66. The second-order valence-electron chi connectivity index (χ2n) is 6.58. The zero-order valence-corrected chi connectivity index (χ0v) is 16.3. The predicted molar refractivity (Wildman–Crippen MR) is 109 cm³/mol. The number of ether oxygens (including phenoxy) is 1. The highest BCUT2D eigenvalue weighted by molar-refractivity contribution is 8.00. The number of fused-ring (bicyclic) bond motifs is 1. The number of carbonyl (C=O) groups is 1. The van der Waals surface area contributed by atoms with E-state index in [0.717, 1.165) is 34.1 Å². The Morgan fingerprint density at radius 3 is 2.63 bits per heavy atom. The van der Waals surface area contributed by atoms with Gasteiger partial charge in [-0.2, -0.15) is 5.10 Å². The summed E-state index contributed by atoms with van der Waals surface area (Å²) in [4.78, 5) is 12.4. The molecule has 1 aliphatic rings. The summed E-state index contributed by atoms with van der Waals surface area (Å²) >= 11 is 1.60. The topological polar surface area (TPSA) is 56.1 Å². The molecular weight excluding hydrogens is 358 g/mol. The number of methoxy groups -OCH3 is 1. The van der Waals surface area contributed by atoms with Gasteiger partial charge in [0.05, 0.1) is 29.5 Å². The first-order valence-corrected chi connectivity index (χ1v) is 9.84. The normalized spacial score (nSPS) is 16.4. The van der Waals surface area contributed by atoms with E-state index >= 15 is 0 Å². The highest BCUT2D eigenvalue weighted by Gasteiger charge is 2.31. The zero-order valence-electron chi connectivity index (χ0n) is 15.5. The van der Waals surface area contributed by atoms with E-state index in [2.05, 4.69) is 18.3 Å². The summed E-state index contributed by atoms with van der Waals surface area (Å²) in [5.41, 5.74) is 5.08. The molecule has 0 aliphatic carbocycles. The first-order chi connectivity index (χ1) is 13.1. The number of carbonyl (C=O) groups excluding carboxylic acids is 1. The molecule has 1 aromatic heterocycles. The summed E-state index contributed by atoms with van der Waals surface area (Å²) < 4.78 is 7.41. The molecule has 1 unspecified atom stereocenters. The number of benzene rings is 2. The second-order valence-corrected chi connectivity index (χ2v) is 7.67. The molecule has 1 amide bonds. The van der Waals surface area contributed by atoms with E-state index in [1.807, 2.05) is 54.1 Å². The van der Waals surface area contributed by atoms with E-state index < -0.39 is 0 Å². The van der Waals surface area contributed by atoms with Crippen molar-refractivity contribution in [3.63, 3.8) is 0 Å². The quantitative estimate of drug-likeness (QED) is 0.738. The van der Waals surface area contributed by atoms with Crippen LogP contribution in [0.15, 0.2) is 48.5 Å². The van der Waals surface area contributed by atoms with Crippen LogP contribution in [0.3, 0.4) is 0 Å². The SMILES string of the molecule is COc1ccccc1C1SCC(=O)Nc2c1c(C)nn2-c1ccc(C)cc1. The monoisotopic (exact) mass is 379 g/mol. The number of hydrogen-bond donors (Lipinski definition) is 1. The van der Waals surface area contributed by atoms with E-state index in [-0.39, 0.29) is 11.2 Å². The smallest absolute Gasteiger partial charge is 0.235 e. The van der Waals surface area contributed by atoms with E-state index in [1.54, 1.807) is 18.9 Å².